The third-order valence-corrected chi connectivity index (χ3v) is 7.53. The van der Waals surface area contributed by atoms with Gasteiger partial charge >= 0.3 is 0 Å². The third kappa shape index (κ3) is 4.81. The summed E-state index contributed by atoms with van der Waals surface area (Å²) in [4.78, 5) is 22.7. The molecule has 2 aliphatic heterocycles. The minimum absolute atomic E-state index is 0.213. The number of hydrogen-bond donors (Lipinski definition) is 1. The minimum Gasteiger partial charge on any atom is -0.356 e. The van der Waals surface area contributed by atoms with Crippen LogP contribution in [0.2, 0.25) is 5.02 Å². The van der Waals surface area contributed by atoms with Crippen LogP contribution in [0.25, 0.3) is 5.65 Å². The average molecular weight is 517 g/mol. The molecule has 3 aromatic rings. The number of hydrogen-bond acceptors (Lipinski definition) is 6. The summed E-state index contributed by atoms with van der Waals surface area (Å²) in [6.07, 6.45) is 5.93. The molecule has 2 saturated heterocycles. The molecule has 0 unspecified atom stereocenters. The molecule has 186 valence electrons. The Morgan fingerprint density at radius 3 is 2.66 bits per heavy atom. The highest BCUT2D eigenvalue weighted by atomic mass is 35.5. The molecule has 0 aliphatic carbocycles. The number of anilines is 2. The Balaban J connectivity index is 1.52. The first-order valence-electron chi connectivity index (χ1n) is 11.8. The number of amides is 1. The predicted octanol–water partition coefficient (Wildman–Crippen LogP) is 3.89. The highest BCUT2D eigenvalue weighted by Crippen LogP contribution is 2.36. The van der Waals surface area contributed by atoms with Crippen molar-refractivity contribution in [2.45, 2.75) is 39.2 Å². The van der Waals surface area contributed by atoms with Crippen molar-refractivity contribution in [2.24, 2.45) is 5.92 Å². The Morgan fingerprint density at radius 2 is 1.97 bits per heavy atom. The Bertz CT molecular complexity index is 1400. The van der Waals surface area contributed by atoms with Crippen LogP contribution in [0, 0.1) is 12.8 Å². The topological polar surface area (TPSA) is 99.9 Å². The van der Waals surface area contributed by atoms with Crippen LogP contribution < -0.4 is 9.62 Å². The van der Waals surface area contributed by atoms with Crippen molar-refractivity contribution in [3.05, 3.63) is 52.3 Å². The first-order chi connectivity index (χ1) is 16.6. The number of piperidine rings is 1. The van der Waals surface area contributed by atoms with E-state index in [1.807, 2.05) is 19.2 Å². The zero-order chi connectivity index (χ0) is 24.9. The Kier molecular flexibility index (Phi) is 6.13. The number of nitrogens with one attached hydrogen (secondary N) is 1. The largest absolute Gasteiger partial charge is 0.356 e. The van der Waals surface area contributed by atoms with E-state index in [0.29, 0.717) is 17.5 Å². The fourth-order valence-electron chi connectivity index (χ4n) is 4.85. The molecule has 1 N–H and O–H groups in total. The standard InChI is InChI=1S/C24H29ClN6O3S/c1-15-5-8-21(20-12-22-26-23(29-9-4-10-29)16(2)14-31(22)27-20)30(13-15)24(32)18-11-17(25)6-7-19(18)28-35(3,33)34/h6-7,11-12,14-15,21,28H,4-5,8-10,13H2,1-3H3/t15-,21-/m0/s1. The van der Waals surface area contributed by atoms with Gasteiger partial charge in [0.2, 0.25) is 10.0 Å². The van der Waals surface area contributed by atoms with Gasteiger partial charge in [0.1, 0.15) is 5.82 Å². The number of fused-ring (bicyclic) bond motifs is 1. The van der Waals surface area contributed by atoms with Crippen LogP contribution in [0.5, 0.6) is 0 Å². The number of sulfonamides is 1. The van der Waals surface area contributed by atoms with Crippen LogP contribution in [0.1, 0.15) is 53.8 Å². The summed E-state index contributed by atoms with van der Waals surface area (Å²) < 4.78 is 28.1. The molecular formula is C24H29ClN6O3S. The molecule has 2 aromatic heterocycles. The van der Waals surface area contributed by atoms with Gasteiger partial charge in [0.05, 0.1) is 29.2 Å². The quantitative estimate of drug-likeness (QED) is 0.552. The van der Waals surface area contributed by atoms with Crippen molar-refractivity contribution in [1.29, 1.82) is 0 Å². The summed E-state index contributed by atoms with van der Waals surface area (Å²) in [5, 5.41) is 5.16. The van der Waals surface area contributed by atoms with E-state index in [1.54, 1.807) is 15.5 Å². The maximum atomic E-state index is 13.8. The van der Waals surface area contributed by atoms with Crippen molar-refractivity contribution in [1.82, 2.24) is 19.5 Å². The van der Waals surface area contributed by atoms with Gasteiger partial charge in [-0.15, -0.1) is 0 Å². The number of aromatic nitrogens is 3. The van der Waals surface area contributed by atoms with Gasteiger partial charge in [0, 0.05) is 42.5 Å². The van der Waals surface area contributed by atoms with Gasteiger partial charge in [-0.3, -0.25) is 9.52 Å². The number of nitrogens with zero attached hydrogens (tertiary/aromatic N) is 5. The maximum absolute atomic E-state index is 13.8. The molecule has 35 heavy (non-hydrogen) atoms. The summed E-state index contributed by atoms with van der Waals surface area (Å²) >= 11 is 6.20. The second-order valence-electron chi connectivity index (χ2n) is 9.68. The predicted molar refractivity (Wildman–Crippen MR) is 137 cm³/mol. The Labute approximate surface area is 210 Å². The number of rotatable bonds is 5. The van der Waals surface area contributed by atoms with E-state index in [9.17, 15) is 13.2 Å². The van der Waals surface area contributed by atoms with Crippen LogP contribution in [0.3, 0.4) is 0 Å². The van der Waals surface area contributed by atoms with Gasteiger partial charge in [0.25, 0.3) is 5.91 Å². The van der Waals surface area contributed by atoms with E-state index in [2.05, 4.69) is 16.5 Å². The molecule has 9 nitrogen and oxygen atoms in total. The molecule has 2 aliphatic rings. The van der Waals surface area contributed by atoms with Crippen molar-refractivity contribution < 1.29 is 13.2 Å². The number of aryl methyl sites for hydroxylation is 1. The van der Waals surface area contributed by atoms with Crippen molar-refractivity contribution in [2.75, 3.05) is 35.5 Å². The van der Waals surface area contributed by atoms with Gasteiger partial charge in [-0.05, 0) is 50.3 Å². The smallest absolute Gasteiger partial charge is 0.256 e. The number of halogens is 1. The van der Waals surface area contributed by atoms with Gasteiger partial charge in [-0.2, -0.15) is 5.10 Å². The van der Waals surface area contributed by atoms with Crippen molar-refractivity contribution >= 4 is 44.7 Å². The summed E-state index contributed by atoms with van der Waals surface area (Å²) in [7, 11) is -3.58. The zero-order valence-electron chi connectivity index (χ0n) is 20.0. The first kappa shape index (κ1) is 23.9. The zero-order valence-corrected chi connectivity index (χ0v) is 21.6. The molecule has 4 heterocycles. The molecule has 0 saturated carbocycles. The molecule has 0 spiro atoms. The molecule has 0 radical (unpaired) electrons. The number of carbonyl (C=O) groups excluding carboxylic acids is 1. The highest BCUT2D eigenvalue weighted by molar-refractivity contribution is 7.92. The second kappa shape index (κ2) is 8.98. The van der Waals surface area contributed by atoms with Crippen LogP contribution in [-0.2, 0) is 10.0 Å². The van der Waals surface area contributed by atoms with Crippen molar-refractivity contribution in [3.8, 4) is 0 Å². The fraction of sp³-hybridized carbons (Fsp3) is 0.458. The third-order valence-electron chi connectivity index (χ3n) is 6.71. The fourth-order valence-corrected chi connectivity index (χ4v) is 5.60. The van der Waals surface area contributed by atoms with E-state index in [4.69, 9.17) is 21.7 Å². The lowest BCUT2D eigenvalue weighted by Gasteiger charge is -2.38. The molecule has 2 fully saturated rings. The minimum atomic E-state index is -3.58. The Morgan fingerprint density at radius 1 is 1.20 bits per heavy atom. The van der Waals surface area contributed by atoms with Crippen LogP contribution in [0.15, 0.2) is 30.5 Å². The molecule has 1 aromatic carbocycles. The summed E-state index contributed by atoms with van der Waals surface area (Å²) in [5.41, 5.74) is 3.02. The van der Waals surface area contributed by atoms with Crippen LogP contribution in [0.4, 0.5) is 11.5 Å². The molecule has 0 bridgehead atoms. The summed E-state index contributed by atoms with van der Waals surface area (Å²) in [6, 6.07) is 6.30. The van der Waals surface area contributed by atoms with Gasteiger partial charge in [-0.1, -0.05) is 18.5 Å². The number of benzene rings is 1. The SMILES string of the molecule is Cc1cn2nc([C@@H]3CC[C@H](C)CN3C(=O)c3cc(Cl)ccc3NS(C)(=O)=O)cc2nc1N1CCC1. The molecular weight excluding hydrogens is 488 g/mol. The Hall–Kier alpha value is -2.85. The molecule has 5 rings (SSSR count). The van der Waals surface area contributed by atoms with E-state index in [0.717, 1.165) is 54.9 Å². The first-order valence-corrected chi connectivity index (χ1v) is 14.1. The highest BCUT2D eigenvalue weighted by Gasteiger charge is 2.34. The monoisotopic (exact) mass is 516 g/mol. The van der Waals surface area contributed by atoms with Gasteiger partial charge in [-0.25, -0.2) is 17.9 Å². The lowest BCUT2D eigenvalue weighted by Crippen LogP contribution is -2.42. The van der Waals surface area contributed by atoms with E-state index >= 15 is 0 Å². The molecule has 2 atom stereocenters. The summed E-state index contributed by atoms with van der Waals surface area (Å²) in [6.45, 7) is 6.70. The maximum Gasteiger partial charge on any atom is 0.256 e. The average Bonchev–Trinajstić information content (AvgIpc) is 3.15. The lowest BCUT2D eigenvalue weighted by molar-refractivity contribution is 0.0538. The summed E-state index contributed by atoms with van der Waals surface area (Å²) in [5.74, 6) is 1.00. The normalized spacial score (nSPS) is 20.7. The number of likely N-dealkylation sites (tertiary alicyclic amines) is 1. The van der Waals surface area contributed by atoms with Crippen LogP contribution in [-0.4, -0.2) is 59.7 Å². The number of carbonyl (C=O) groups is 1. The molecule has 1 amide bonds. The molecule has 11 heteroatoms. The van der Waals surface area contributed by atoms with E-state index in [1.165, 1.54) is 18.6 Å². The second-order valence-corrected chi connectivity index (χ2v) is 11.9. The van der Waals surface area contributed by atoms with Gasteiger partial charge < -0.3 is 9.80 Å². The van der Waals surface area contributed by atoms with E-state index in [-0.39, 0.29) is 23.2 Å². The van der Waals surface area contributed by atoms with Crippen LogP contribution >= 0.6 is 11.6 Å². The van der Waals surface area contributed by atoms with Gasteiger partial charge in [0.15, 0.2) is 5.65 Å². The van der Waals surface area contributed by atoms with E-state index < -0.39 is 10.0 Å². The van der Waals surface area contributed by atoms with Crippen molar-refractivity contribution in [3.63, 3.8) is 0 Å². The lowest BCUT2D eigenvalue weighted by atomic mass is 9.91.